The molecule has 0 radical (unpaired) electrons. The molecule has 7 nitrogen and oxygen atoms in total. The third kappa shape index (κ3) is 6.07. The van der Waals surface area contributed by atoms with E-state index in [1.54, 1.807) is 7.05 Å². The van der Waals surface area contributed by atoms with E-state index in [2.05, 4.69) is 40.2 Å². The molecule has 0 aliphatic carbocycles. The van der Waals surface area contributed by atoms with Crippen molar-refractivity contribution in [3.8, 4) is 6.07 Å². The Bertz CT molecular complexity index is 1440. The molecule has 2 fully saturated rings. The van der Waals surface area contributed by atoms with E-state index in [1.165, 1.54) is 11.1 Å². The first-order chi connectivity index (χ1) is 19.9. The molecule has 1 N–H and O–H groups in total. The average molecular weight is 550 g/mol. The number of hydrogen-bond donors (Lipinski definition) is 1. The zero-order valence-electron chi connectivity index (χ0n) is 24.3. The molecule has 2 aliphatic heterocycles. The minimum Gasteiger partial charge on any atom is -0.370 e. The lowest BCUT2D eigenvalue weighted by atomic mass is 9.86. The van der Waals surface area contributed by atoms with Gasteiger partial charge in [-0.25, -0.2) is 0 Å². The maximum Gasteiger partial charge on any atom is 0.254 e. The first kappa shape index (κ1) is 28.2. The second-order valence-electron chi connectivity index (χ2n) is 11.3. The van der Waals surface area contributed by atoms with E-state index >= 15 is 0 Å². The predicted molar refractivity (Wildman–Crippen MR) is 163 cm³/mol. The molecule has 1 atom stereocenters. The number of hydrogen-bond acceptors (Lipinski definition) is 5. The Balaban J connectivity index is 1.28. The number of nitriles is 1. The maximum absolute atomic E-state index is 13.9. The van der Waals surface area contributed by atoms with Crippen molar-refractivity contribution in [3.05, 3.63) is 94.5 Å². The molecule has 2 heterocycles. The summed E-state index contributed by atoms with van der Waals surface area (Å²) in [5.74, 6) is 0.432. The summed E-state index contributed by atoms with van der Waals surface area (Å²) in [5, 5.41) is 12.3. The summed E-state index contributed by atoms with van der Waals surface area (Å²) in [4.78, 5) is 33.0. The van der Waals surface area contributed by atoms with Gasteiger partial charge >= 0.3 is 0 Å². The van der Waals surface area contributed by atoms with Gasteiger partial charge < -0.3 is 20.0 Å². The van der Waals surface area contributed by atoms with Gasteiger partial charge in [0, 0.05) is 44.5 Å². The molecule has 41 heavy (non-hydrogen) atoms. The maximum atomic E-state index is 13.9. The summed E-state index contributed by atoms with van der Waals surface area (Å²) >= 11 is 0. The van der Waals surface area contributed by atoms with Crippen LogP contribution >= 0.6 is 0 Å². The normalized spacial score (nSPS) is 17.7. The Labute approximate surface area is 243 Å². The van der Waals surface area contributed by atoms with E-state index in [1.807, 2.05) is 66.4 Å². The van der Waals surface area contributed by atoms with Gasteiger partial charge in [0.1, 0.15) is 12.1 Å². The van der Waals surface area contributed by atoms with Crippen LogP contribution < -0.4 is 15.1 Å². The van der Waals surface area contributed by atoms with Crippen LogP contribution in [0.3, 0.4) is 0 Å². The van der Waals surface area contributed by atoms with Crippen LogP contribution in [0.2, 0.25) is 0 Å². The zero-order valence-corrected chi connectivity index (χ0v) is 24.3. The molecule has 0 saturated carbocycles. The van der Waals surface area contributed by atoms with Crippen LogP contribution in [-0.2, 0) is 11.2 Å². The highest BCUT2D eigenvalue weighted by Gasteiger charge is 2.35. The lowest BCUT2D eigenvalue weighted by Crippen LogP contribution is -2.60. The Morgan fingerprint density at radius 2 is 1.63 bits per heavy atom. The number of amides is 2. The first-order valence-corrected chi connectivity index (χ1v) is 14.6. The van der Waals surface area contributed by atoms with Gasteiger partial charge in [-0.05, 0) is 86.1 Å². The van der Waals surface area contributed by atoms with Gasteiger partial charge in [-0.15, -0.1) is 0 Å². The molecule has 3 aromatic rings. The van der Waals surface area contributed by atoms with Crippen molar-refractivity contribution in [2.75, 3.05) is 49.6 Å². The fourth-order valence-electron chi connectivity index (χ4n) is 6.34. The van der Waals surface area contributed by atoms with Crippen molar-refractivity contribution in [1.82, 2.24) is 10.2 Å². The van der Waals surface area contributed by atoms with E-state index in [0.29, 0.717) is 25.6 Å². The minimum atomic E-state index is -0.443. The van der Waals surface area contributed by atoms with Crippen molar-refractivity contribution in [2.45, 2.75) is 39.2 Å². The van der Waals surface area contributed by atoms with Crippen LogP contribution in [-0.4, -0.2) is 62.5 Å². The average Bonchev–Trinajstić information content (AvgIpc) is 3.02. The Morgan fingerprint density at radius 3 is 2.34 bits per heavy atom. The third-order valence-electron chi connectivity index (χ3n) is 8.71. The number of rotatable bonds is 6. The highest BCUT2D eigenvalue weighted by atomic mass is 16.2. The van der Waals surface area contributed by atoms with Crippen molar-refractivity contribution in [2.24, 2.45) is 5.92 Å². The molecule has 5 rings (SSSR count). The zero-order chi connectivity index (χ0) is 28.9. The van der Waals surface area contributed by atoms with Crippen LogP contribution in [0.4, 0.5) is 11.4 Å². The van der Waals surface area contributed by atoms with Crippen LogP contribution in [0.25, 0.3) is 0 Å². The third-order valence-corrected chi connectivity index (χ3v) is 8.71. The largest absolute Gasteiger partial charge is 0.370 e. The number of likely N-dealkylation sites (N-methyl/N-ethyl adjacent to an activating group) is 1. The summed E-state index contributed by atoms with van der Waals surface area (Å²) in [6, 6.07) is 23.9. The minimum absolute atomic E-state index is 0.00621. The number of nitrogens with one attached hydrogen (secondary N) is 1. The molecular formula is C34H39N5O2. The Hall–Kier alpha value is -4.31. The smallest absolute Gasteiger partial charge is 0.254 e. The summed E-state index contributed by atoms with van der Waals surface area (Å²) in [6.07, 6.45) is 3.03. The summed E-state index contributed by atoms with van der Waals surface area (Å²) < 4.78 is 0. The van der Waals surface area contributed by atoms with E-state index in [9.17, 15) is 14.9 Å². The van der Waals surface area contributed by atoms with Crippen molar-refractivity contribution < 1.29 is 9.59 Å². The van der Waals surface area contributed by atoms with Crippen LogP contribution in [0.15, 0.2) is 66.7 Å². The second kappa shape index (κ2) is 12.5. The number of para-hydroxylation sites is 2. The molecule has 2 amide bonds. The Morgan fingerprint density at radius 1 is 0.927 bits per heavy atom. The van der Waals surface area contributed by atoms with E-state index in [4.69, 9.17) is 0 Å². The summed E-state index contributed by atoms with van der Waals surface area (Å²) in [6.45, 7) is 7.49. The van der Waals surface area contributed by atoms with E-state index in [-0.39, 0.29) is 11.8 Å². The van der Waals surface area contributed by atoms with Gasteiger partial charge in [0.05, 0.1) is 17.8 Å². The number of nitrogens with zero attached hydrogens (tertiary/aromatic N) is 4. The molecule has 0 spiro atoms. The van der Waals surface area contributed by atoms with Gasteiger partial charge in [0.25, 0.3) is 5.91 Å². The summed E-state index contributed by atoms with van der Waals surface area (Å²) in [7, 11) is 1.65. The molecular weight excluding hydrogens is 510 g/mol. The van der Waals surface area contributed by atoms with Gasteiger partial charge in [-0.3, -0.25) is 9.59 Å². The van der Waals surface area contributed by atoms with Crippen molar-refractivity contribution >= 4 is 23.2 Å². The number of anilines is 2. The number of aryl methyl sites for hydroxylation is 2. The quantitative estimate of drug-likeness (QED) is 0.482. The topological polar surface area (TPSA) is 79.7 Å². The van der Waals surface area contributed by atoms with E-state index in [0.717, 1.165) is 60.4 Å². The number of piperazine rings is 1. The van der Waals surface area contributed by atoms with Gasteiger partial charge in [-0.2, -0.15) is 5.26 Å². The highest BCUT2D eigenvalue weighted by molar-refractivity contribution is 5.97. The Kier molecular flexibility index (Phi) is 8.58. The lowest BCUT2D eigenvalue weighted by molar-refractivity contribution is -0.122. The van der Waals surface area contributed by atoms with Gasteiger partial charge in [0.2, 0.25) is 5.91 Å². The standard InChI is InChI=1S/C34H39N5O2/c1-24-19-25(2)30(21-28(24)20-26-13-15-37(16-14-26)31-12-8-7-9-27(31)22-35)34(41)38-17-18-39(29-10-5-4-6-11-29)32(23-38)33(40)36-3/h4-12,19,21,26,32H,13-18,20,23H2,1-3H3,(H,36,40). The fraction of sp³-hybridized carbons (Fsp3) is 0.382. The molecule has 2 aliphatic rings. The van der Waals surface area contributed by atoms with Crippen LogP contribution in [0.1, 0.15) is 45.5 Å². The molecule has 0 bridgehead atoms. The highest BCUT2D eigenvalue weighted by Crippen LogP contribution is 2.30. The van der Waals surface area contributed by atoms with Crippen LogP contribution in [0.5, 0.6) is 0 Å². The molecule has 3 aromatic carbocycles. The van der Waals surface area contributed by atoms with Crippen LogP contribution in [0, 0.1) is 31.1 Å². The number of benzene rings is 3. The SMILES string of the molecule is CNC(=O)C1CN(C(=O)c2cc(CC3CCN(c4ccccc4C#N)CC3)c(C)cc2C)CCN1c1ccccc1. The molecule has 2 saturated heterocycles. The monoisotopic (exact) mass is 549 g/mol. The number of carbonyl (C=O) groups excluding carboxylic acids is 2. The van der Waals surface area contributed by atoms with E-state index < -0.39 is 6.04 Å². The summed E-state index contributed by atoms with van der Waals surface area (Å²) in [5.41, 5.74) is 6.89. The van der Waals surface area contributed by atoms with Gasteiger partial charge in [-0.1, -0.05) is 36.4 Å². The molecule has 7 heteroatoms. The molecule has 212 valence electrons. The fourth-order valence-corrected chi connectivity index (χ4v) is 6.34. The predicted octanol–water partition coefficient (Wildman–Crippen LogP) is 4.71. The van der Waals surface area contributed by atoms with Gasteiger partial charge in [0.15, 0.2) is 0 Å². The van der Waals surface area contributed by atoms with Crippen molar-refractivity contribution in [1.29, 1.82) is 5.26 Å². The second-order valence-corrected chi connectivity index (χ2v) is 11.3. The number of carbonyl (C=O) groups is 2. The first-order valence-electron chi connectivity index (χ1n) is 14.6. The molecule has 0 aromatic heterocycles. The number of piperidine rings is 1. The van der Waals surface area contributed by atoms with Crippen molar-refractivity contribution in [3.63, 3.8) is 0 Å². The lowest BCUT2D eigenvalue weighted by Gasteiger charge is -2.42. The molecule has 1 unspecified atom stereocenters.